The van der Waals surface area contributed by atoms with Crippen molar-refractivity contribution < 1.29 is 9.59 Å². The molecule has 0 unspecified atom stereocenters. The molecule has 148 valence electrons. The number of hydrogen-bond acceptors (Lipinski definition) is 4. The van der Waals surface area contributed by atoms with Crippen molar-refractivity contribution in [3.63, 3.8) is 0 Å². The maximum atomic E-state index is 12.5. The van der Waals surface area contributed by atoms with Gasteiger partial charge in [-0.3, -0.25) is 14.4 Å². The van der Waals surface area contributed by atoms with E-state index in [0.29, 0.717) is 11.4 Å². The third-order valence-corrected chi connectivity index (χ3v) is 4.47. The highest BCUT2D eigenvalue weighted by Crippen LogP contribution is 2.14. The molecule has 0 fully saturated rings. The van der Waals surface area contributed by atoms with Crippen molar-refractivity contribution in [2.24, 2.45) is 0 Å². The van der Waals surface area contributed by atoms with Gasteiger partial charge in [-0.05, 0) is 55.3 Å². The molecular weight excluding hydrogens is 368 g/mol. The van der Waals surface area contributed by atoms with Crippen LogP contribution in [-0.2, 0) is 11.3 Å². The maximum absolute atomic E-state index is 12.5. The van der Waals surface area contributed by atoms with Crippen LogP contribution in [0.3, 0.4) is 0 Å². The van der Waals surface area contributed by atoms with Gasteiger partial charge in [-0.1, -0.05) is 24.3 Å². The van der Waals surface area contributed by atoms with Gasteiger partial charge < -0.3 is 10.6 Å². The van der Waals surface area contributed by atoms with E-state index in [-0.39, 0.29) is 30.1 Å². The largest absolute Gasteiger partial charge is 0.326 e. The molecule has 0 atom stereocenters. The number of aryl methyl sites for hydroxylation is 3. The van der Waals surface area contributed by atoms with E-state index >= 15 is 0 Å². The summed E-state index contributed by atoms with van der Waals surface area (Å²) in [7, 11) is 0. The predicted octanol–water partition coefficient (Wildman–Crippen LogP) is 3.14. The Morgan fingerprint density at radius 3 is 2.38 bits per heavy atom. The number of hydrogen-bond donors (Lipinski definition) is 2. The number of carbonyl (C=O) groups is 2. The second-order valence-electron chi connectivity index (χ2n) is 6.70. The van der Waals surface area contributed by atoms with Crippen molar-refractivity contribution in [1.29, 1.82) is 0 Å². The summed E-state index contributed by atoms with van der Waals surface area (Å²) >= 11 is 0. The van der Waals surface area contributed by atoms with Gasteiger partial charge in [-0.25, -0.2) is 4.68 Å². The molecule has 0 saturated carbocycles. The first-order valence-electron chi connectivity index (χ1n) is 9.24. The number of para-hydroxylation sites is 1. The van der Waals surface area contributed by atoms with Crippen LogP contribution in [0.4, 0.5) is 11.4 Å². The highest BCUT2D eigenvalue weighted by molar-refractivity contribution is 6.02. The van der Waals surface area contributed by atoms with Gasteiger partial charge in [0.15, 0.2) is 0 Å². The first-order valence-corrected chi connectivity index (χ1v) is 9.24. The maximum Gasteiger partial charge on any atom is 0.276 e. The van der Waals surface area contributed by atoms with Gasteiger partial charge in [0, 0.05) is 23.9 Å². The summed E-state index contributed by atoms with van der Waals surface area (Å²) < 4.78 is 1.12. The zero-order valence-corrected chi connectivity index (χ0v) is 16.3. The SMILES string of the molecule is Cc1ccc(NC(=O)c2ccc(=O)n(CCC(=O)Nc3ccccc3)n2)cc1C. The molecule has 0 radical (unpaired) electrons. The van der Waals surface area contributed by atoms with Crippen molar-refractivity contribution in [3.8, 4) is 0 Å². The van der Waals surface area contributed by atoms with E-state index in [1.165, 1.54) is 12.1 Å². The molecular formula is C22H22N4O3. The van der Waals surface area contributed by atoms with Crippen LogP contribution in [0, 0.1) is 13.8 Å². The van der Waals surface area contributed by atoms with Crippen molar-refractivity contribution in [2.45, 2.75) is 26.8 Å². The van der Waals surface area contributed by atoms with Crippen molar-refractivity contribution >= 4 is 23.2 Å². The minimum atomic E-state index is -0.421. The first-order chi connectivity index (χ1) is 13.9. The summed E-state index contributed by atoms with van der Waals surface area (Å²) in [5, 5.41) is 9.62. The number of carbonyl (C=O) groups excluding carboxylic acids is 2. The highest BCUT2D eigenvalue weighted by atomic mass is 16.2. The lowest BCUT2D eigenvalue weighted by Crippen LogP contribution is -2.28. The Morgan fingerprint density at radius 1 is 0.897 bits per heavy atom. The van der Waals surface area contributed by atoms with E-state index in [1.807, 2.05) is 50.2 Å². The summed E-state index contributed by atoms with van der Waals surface area (Å²) in [4.78, 5) is 36.6. The highest BCUT2D eigenvalue weighted by Gasteiger charge is 2.12. The summed E-state index contributed by atoms with van der Waals surface area (Å²) in [5.41, 5.74) is 3.25. The zero-order valence-electron chi connectivity index (χ0n) is 16.3. The fourth-order valence-electron chi connectivity index (χ4n) is 2.70. The quantitative estimate of drug-likeness (QED) is 0.676. The molecule has 0 aliphatic heterocycles. The van der Waals surface area contributed by atoms with Gasteiger partial charge >= 0.3 is 0 Å². The summed E-state index contributed by atoms with van der Waals surface area (Å²) in [6, 6.07) is 17.3. The first kappa shape index (κ1) is 20.0. The smallest absolute Gasteiger partial charge is 0.276 e. The number of amides is 2. The summed E-state index contributed by atoms with van der Waals surface area (Å²) in [6.07, 6.45) is 0.0596. The van der Waals surface area contributed by atoms with Crippen molar-refractivity contribution in [2.75, 3.05) is 10.6 Å². The Morgan fingerprint density at radius 2 is 1.66 bits per heavy atom. The molecule has 2 amide bonds. The zero-order chi connectivity index (χ0) is 20.8. The lowest BCUT2D eigenvalue weighted by Gasteiger charge is -2.09. The van der Waals surface area contributed by atoms with E-state index in [1.54, 1.807) is 12.1 Å². The molecule has 0 bridgehead atoms. The molecule has 1 heterocycles. The number of nitrogens with one attached hydrogen (secondary N) is 2. The normalized spacial score (nSPS) is 10.4. The standard InChI is InChI=1S/C22H22N4O3/c1-15-8-9-18(14-16(15)2)24-22(29)19-10-11-21(28)26(25-19)13-12-20(27)23-17-6-4-3-5-7-17/h3-11,14H,12-13H2,1-2H3,(H,23,27)(H,24,29). The molecule has 2 N–H and O–H groups in total. The number of nitrogens with zero attached hydrogens (tertiary/aromatic N) is 2. The third kappa shape index (κ3) is 5.38. The van der Waals surface area contributed by atoms with E-state index < -0.39 is 5.91 Å². The lowest BCUT2D eigenvalue weighted by atomic mass is 10.1. The molecule has 7 heteroatoms. The second kappa shape index (κ2) is 8.97. The molecule has 1 aromatic heterocycles. The third-order valence-electron chi connectivity index (χ3n) is 4.47. The van der Waals surface area contributed by atoms with Crippen molar-refractivity contribution in [3.05, 3.63) is 87.8 Å². The van der Waals surface area contributed by atoms with E-state index in [9.17, 15) is 14.4 Å². The van der Waals surface area contributed by atoms with Crippen LogP contribution in [0.2, 0.25) is 0 Å². The Labute approximate surface area is 168 Å². The van der Waals surface area contributed by atoms with E-state index in [0.717, 1.165) is 15.8 Å². The molecule has 3 rings (SSSR count). The molecule has 0 spiro atoms. The number of benzene rings is 2. The van der Waals surface area contributed by atoms with E-state index in [4.69, 9.17) is 0 Å². The van der Waals surface area contributed by atoms with Crippen molar-refractivity contribution in [1.82, 2.24) is 9.78 Å². The molecule has 0 aliphatic carbocycles. The monoisotopic (exact) mass is 390 g/mol. The predicted molar refractivity (Wildman–Crippen MR) is 112 cm³/mol. The molecule has 0 saturated heterocycles. The van der Waals surface area contributed by atoms with Gasteiger partial charge in [-0.2, -0.15) is 5.10 Å². The van der Waals surface area contributed by atoms with Crippen LogP contribution in [-0.4, -0.2) is 21.6 Å². The Kier molecular flexibility index (Phi) is 6.19. The number of rotatable bonds is 6. The Balaban J connectivity index is 1.65. The molecule has 3 aromatic rings. The fraction of sp³-hybridized carbons (Fsp3) is 0.182. The molecule has 7 nitrogen and oxygen atoms in total. The van der Waals surface area contributed by atoms with Crippen LogP contribution in [0.25, 0.3) is 0 Å². The second-order valence-corrected chi connectivity index (χ2v) is 6.70. The molecule has 2 aromatic carbocycles. The van der Waals surface area contributed by atoms with Gasteiger partial charge in [0.25, 0.3) is 11.5 Å². The Hall–Kier alpha value is -3.74. The molecule has 29 heavy (non-hydrogen) atoms. The number of anilines is 2. The van der Waals surface area contributed by atoms with Crippen LogP contribution in [0.5, 0.6) is 0 Å². The Bertz CT molecular complexity index is 1090. The minimum absolute atomic E-state index is 0.0596. The van der Waals surface area contributed by atoms with Crippen LogP contribution in [0.1, 0.15) is 28.0 Å². The van der Waals surface area contributed by atoms with E-state index in [2.05, 4.69) is 15.7 Å². The van der Waals surface area contributed by atoms with Gasteiger partial charge in [0.1, 0.15) is 5.69 Å². The lowest BCUT2D eigenvalue weighted by molar-refractivity contribution is -0.116. The average Bonchev–Trinajstić information content (AvgIpc) is 2.71. The summed E-state index contributed by atoms with van der Waals surface area (Å²) in [6.45, 7) is 4.03. The minimum Gasteiger partial charge on any atom is -0.326 e. The molecule has 0 aliphatic rings. The van der Waals surface area contributed by atoms with Crippen LogP contribution < -0.4 is 16.2 Å². The summed E-state index contributed by atoms with van der Waals surface area (Å²) in [5.74, 6) is -0.661. The fourth-order valence-corrected chi connectivity index (χ4v) is 2.70. The van der Waals surface area contributed by atoms with Gasteiger partial charge in [0.2, 0.25) is 5.91 Å². The number of aromatic nitrogens is 2. The van der Waals surface area contributed by atoms with Crippen LogP contribution in [0.15, 0.2) is 65.5 Å². The van der Waals surface area contributed by atoms with Crippen LogP contribution >= 0.6 is 0 Å². The average molecular weight is 390 g/mol. The topological polar surface area (TPSA) is 93.1 Å². The van der Waals surface area contributed by atoms with Gasteiger partial charge in [0.05, 0.1) is 6.54 Å². The van der Waals surface area contributed by atoms with Gasteiger partial charge in [-0.15, -0.1) is 0 Å².